The van der Waals surface area contributed by atoms with Crippen LogP contribution in [-0.2, 0) is 4.74 Å². The van der Waals surface area contributed by atoms with Gasteiger partial charge in [0, 0.05) is 23.0 Å². The lowest BCUT2D eigenvalue weighted by atomic mass is 10.1. The zero-order valence-electron chi connectivity index (χ0n) is 15.9. The first kappa shape index (κ1) is 19.8. The van der Waals surface area contributed by atoms with Gasteiger partial charge in [0.15, 0.2) is 0 Å². The van der Waals surface area contributed by atoms with Crippen LogP contribution in [0.4, 0.5) is 10.1 Å². The van der Waals surface area contributed by atoms with E-state index in [1.54, 1.807) is 31.2 Å². The minimum absolute atomic E-state index is 0.0143. The van der Waals surface area contributed by atoms with Crippen molar-refractivity contribution in [2.45, 2.75) is 25.9 Å². The van der Waals surface area contributed by atoms with Gasteiger partial charge in [0.1, 0.15) is 22.7 Å². The molecule has 0 aliphatic carbocycles. The molecule has 0 unspecified atom stereocenters. The van der Waals surface area contributed by atoms with Gasteiger partial charge >= 0.3 is 0 Å². The van der Waals surface area contributed by atoms with E-state index in [4.69, 9.17) is 9.15 Å². The van der Waals surface area contributed by atoms with Crippen molar-refractivity contribution < 1.29 is 18.3 Å². The van der Waals surface area contributed by atoms with Gasteiger partial charge in [-0.25, -0.2) is 9.38 Å². The molecule has 1 aromatic heterocycles. The zero-order valence-corrected chi connectivity index (χ0v) is 17.5. The summed E-state index contributed by atoms with van der Waals surface area (Å²) in [6.45, 7) is 2.93. The second-order valence-corrected chi connectivity index (χ2v) is 7.97. The standard InChI is InChI=1S/C22H20BrFN2O3/c1-13-4-6-19(18(24)9-13)26-22-17(21(27)25-12-16-3-2-8-28-16)11-14-10-15(23)5-7-20(14)29-22/h4-7,9-11,16H,2-3,8,12H2,1H3,(H,25,27)/t16-/m1/s1. The third-order valence-electron chi connectivity index (χ3n) is 4.79. The van der Waals surface area contributed by atoms with Crippen LogP contribution in [0.5, 0.6) is 0 Å². The number of nitrogens with zero attached hydrogens (tertiary/aromatic N) is 1. The number of fused-ring (bicyclic) bond motifs is 1. The monoisotopic (exact) mass is 458 g/mol. The van der Waals surface area contributed by atoms with Gasteiger partial charge < -0.3 is 14.5 Å². The fraction of sp³-hybridized carbons (Fsp3) is 0.273. The Hall–Kier alpha value is -2.51. The van der Waals surface area contributed by atoms with E-state index in [1.807, 2.05) is 12.1 Å². The quantitative estimate of drug-likeness (QED) is 0.611. The highest BCUT2D eigenvalue weighted by atomic mass is 79.9. The van der Waals surface area contributed by atoms with E-state index in [0.29, 0.717) is 18.7 Å². The Morgan fingerprint density at radius 2 is 2.14 bits per heavy atom. The molecule has 1 N–H and O–H groups in total. The minimum Gasteiger partial charge on any atom is -0.438 e. The van der Waals surface area contributed by atoms with Gasteiger partial charge in [-0.15, -0.1) is 0 Å². The highest BCUT2D eigenvalue weighted by molar-refractivity contribution is 9.10. The Morgan fingerprint density at radius 3 is 2.90 bits per heavy atom. The summed E-state index contributed by atoms with van der Waals surface area (Å²) < 4.78 is 26.6. The molecule has 5 nitrogen and oxygen atoms in total. The smallest absolute Gasteiger partial charge is 0.256 e. The second-order valence-electron chi connectivity index (χ2n) is 7.06. The summed E-state index contributed by atoms with van der Waals surface area (Å²) in [5.74, 6) is -0.806. The van der Waals surface area contributed by atoms with E-state index < -0.39 is 5.82 Å². The third-order valence-corrected chi connectivity index (χ3v) is 5.29. The first-order valence-corrected chi connectivity index (χ1v) is 10.2. The second kappa shape index (κ2) is 8.47. The van der Waals surface area contributed by atoms with E-state index in [9.17, 15) is 9.18 Å². The fourth-order valence-electron chi connectivity index (χ4n) is 3.27. The summed E-state index contributed by atoms with van der Waals surface area (Å²) in [5, 5.41) is 3.62. The number of carbonyl (C=O) groups excluding carboxylic acids is 1. The summed E-state index contributed by atoms with van der Waals surface area (Å²) in [5.41, 5.74) is 1.76. The van der Waals surface area contributed by atoms with Gasteiger partial charge in [0.25, 0.3) is 5.91 Å². The first-order valence-electron chi connectivity index (χ1n) is 9.44. The molecule has 1 fully saturated rings. The van der Waals surface area contributed by atoms with Crippen LogP contribution < -0.4 is 10.9 Å². The number of halogens is 2. The van der Waals surface area contributed by atoms with Crippen molar-refractivity contribution in [2.24, 2.45) is 4.99 Å². The maximum Gasteiger partial charge on any atom is 0.256 e. The van der Waals surface area contributed by atoms with Crippen molar-refractivity contribution in [3.63, 3.8) is 0 Å². The summed E-state index contributed by atoms with van der Waals surface area (Å²) in [4.78, 5) is 17.2. The molecule has 2 aromatic carbocycles. The molecule has 1 amide bonds. The van der Waals surface area contributed by atoms with Crippen LogP contribution in [-0.4, -0.2) is 25.2 Å². The molecular weight excluding hydrogens is 439 g/mol. The molecule has 1 aliphatic rings. The predicted octanol–water partition coefficient (Wildman–Crippen LogP) is 4.78. The molecule has 4 rings (SSSR count). The highest BCUT2D eigenvalue weighted by Gasteiger charge is 2.19. The molecule has 0 bridgehead atoms. The van der Waals surface area contributed by atoms with Crippen LogP contribution in [0.25, 0.3) is 11.0 Å². The van der Waals surface area contributed by atoms with Crippen molar-refractivity contribution in [2.75, 3.05) is 13.2 Å². The van der Waals surface area contributed by atoms with Crippen LogP contribution in [0.1, 0.15) is 28.8 Å². The fourth-order valence-corrected chi connectivity index (χ4v) is 3.65. The number of hydrogen-bond acceptors (Lipinski definition) is 4. The molecule has 2 heterocycles. The summed E-state index contributed by atoms with van der Waals surface area (Å²) >= 11 is 3.43. The minimum atomic E-state index is -0.471. The molecule has 150 valence electrons. The Bertz CT molecular complexity index is 1140. The molecule has 7 heteroatoms. The number of rotatable bonds is 4. The van der Waals surface area contributed by atoms with Crippen LogP contribution in [0.15, 0.2) is 56.3 Å². The van der Waals surface area contributed by atoms with E-state index >= 15 is 0 Å². The van der Waals surface area contributed by atoms with Crippen molar-refractivity contribution in [3.05, 3.63) is 69.4 Å². The molecule has 3 aromatic rings. The van der Waals surface area contributed by atoms with Crippen LogP contribution in [0.2, 0.25) is 0 Å². The average Bonchev–Trinajstić information content (AvgIpc) is 3.21. The number of nitrogens with one attached hydrogen (secondary N) is 1. The van der Waals surface area contributed by atoms with Gasteiger partial charge in [-0.05, 0) is 61.7 Å². The summed E-state index contributed by atoms with van der Waals surface area (Å²) in [6.07, 6.45) is 1.93. The molecule has 0 saturated carbocycles. The van der Waals surface area contributed by atoms with Gasteiger partial charge in [-0.3, -0.25) is 4.79 Å². The third kappa shape index (κ3) is 4.57. The summed E-state index contributed by atoms with van der Waals surface area (Å²) in [7, 11) is 0. The zero-order chi connectivity index (χ0) is 20.4. The van der Waals surface area contributed by atoms with Crippen molar-refractivity contribution in [3.8, 4) is 0 Å². The normalized spacial score (nSPS) is 17.1. The predicted molar refractivity (Wildman–Crippen MR) is 112 cm³/mol. The molecule has 0 radical (unpaired) electrons. The lowest BCUT2D eigenvalue weighted by molar-refractivity contribution is 0.0854. The highest BCUT2D eigenvalue weighted by Crippen LogP contribution is 2.22. The number of hydrogen-bond donors (Lipinski definition) is 1. The van der Waals surface area contributed by atoms with Crippen molar-refractivity contribution >= 4 is 38.5 Å². The van der Waals surface area contributed by atoms with E-state index in [0.717, 1.165) is 28.3 Å². The Labute approximate surface area is 175 Å². The van der Waals surface area contributed by atoms with Crippen molar-refractivity contribution in [1.82, 2.24) is 5.32 Å². The van der Waals surface area contributed by atoms with E-state index in [-0.39, 0.29) is 28.8 Å². The van der Waals surface area contributed by atoms with E-state index in [1.165, 1.54) is 6.07 Å². The molecule has 0 spiro atoms. The van der Waals surface area contributed by atoms with Gasteiger partial charge in [0.05, 0.1) is 6.10 Å². The lowest BCUT2D eigenvalue weighted by Crippen LogP contribution is -2.34. The Morgan fingerprint density at radius 1 is 1.28 bits per heavy atom. The van der Waals surface area contributed by atoms with Crippen molar-refractivity contribution in [1.29, 1.82) is 0 Å². The molecule has 1 saturated heterocycles. The summed E-state index contributed by atoms with van der Waals surface area (Å²) in [6, 6.07) is 11.9. The largest absolute Gasteiger partial charge is 0.438 e. The van der Waals surface area contributed by atoms with Crippen LogP contribution in [0, 0.1) is 12.7 Å². The van der Waals surface area contributed by atoms with Gasteiger partial charge in [-0.2, -0.15) is 0 Å². The van der Waals surface area contributed by atoms with Gasteiger partial charge in [0.2, 0.25) is 5.55 Å². The Balaban J connectivity index is 1.78. The number of ether oxygens (including phenoxy) is 1. The van der Waals surface area contributed by atoms with Gasteiger partial charge in [-0.1, -0.05) is 22.0 Å². The molecule has 1 aliphatic heterocycles. The topological polar surface area (TPSA) is 63.8 Å². The first-order chi connectivity index (χ1) is 14.0. The maximum absolute atomic E-state index is 14.3. The molecule has 1 atom stereocenters. The molecular formula is C22H20BrFN2O3. The van der Waals surface area contributed by atoms with E-state index in [2.05, 4.69) is 26.2 Å². The molecule has 29 heavy (non-hydrogen) atoms. The maximum atomic E-state index is 14.3. The Kier molecular flexibility index (Phi) is 5.78. The number of benzene rings is 2. The van der Waals surface area contributed by atoms with Crippen LogP contribution >= 0.6 is 15.9 Å². The number of carbonyl (C=O) groups is 1. The SMILES string of the molecule is Cc1ccc(N=c2oc3ccc(Br)cc3cc2C(=O)NC[C@H]2CCCO2)c(F)c1. The lowest BCUT2D eigenvalue weighted by Gasteiger charge is -2.11. The average molecular weight is 459 g/mol. The van der Waals surface area contributed by atoms with Crippen LogP contribution in [0.3, 0.4) is 0 Å². The number of aryl methyl sites for hydroxylation is 1. The number of amides is 1.